The molecule has 0 unspecified atom stereocenters. The molecule has 0 saturated carbocycles. The number of thioether (sulfide) groups is 1. The Hall–Kier alpha value is -3.23. The lowest BCUT2D eigenvalue weighted by Crippen LogP contribution is -2.17. The molecule has 1 aliphatic heterocycles. The summed E-state index contributed by atoms with van der Waals surface area (Å²) in [6.07, 6.45) is 3.82. The summed E-state index contributed by atoms with van der Waals surface area (Å²) >= 11 is 7.02. The first-order chi connectivity index (χ1) is 16.1. The molecule has 4 rings (SSSR count). The van der Waals surface area contributed by atoms with Gasteiger partial charge < -0.3 is 10.3 Å². The van der Waals surface area contributed by atoms with E-state index in [9.17, 15) is 18.6 Å². The predicted molar refractivity (Wildman–Crippen MR) is 137 cm³/mol. The van der Waals surface area contributed by atoms with E-state index in [4.69, 9.17) is 11.6 Å². The van der Waals surface area contributed by atoms with Gasteiger partial charge in [-0.25, -0.2) is 4.98 Å². The number of rotatable bonds is 4. The van der Waals surface area contributed by atoms with Crippen LogP contribution in [0.4, 0.5) is 5.69 Å². The second-order valence-electron chi connectivity index (χ2n) is 7.36. The van der Waals surface area contributed by atoms with Gasteiger partial charge in [-0.05, 0) is 24.6 Å². The SMILES string of the molecule is CN(C)c1cc[nH+]cc1.Cc1cc2c(cc1Cl)SC(C(=C=[N-])C(=O)c1ccccc1)=NS2(=O)=O. The molecular formula is C24H21ClN4O3S2. The van der Waals surface area contributed by atoms with Crippen molar-refractivity contribution in [1.29, 1.82) is 0 Å². The van der Waals surface area contributed by atoms with Crippen molar-refractivity contribution in [2.24, 2.45) is 4.40 Å². The fraction of sp³-hybridized carbons (Fsp3) is 0.125. The number of anilines is 1. The molecule has 0 atom stereocenters. The number of aryl methyl sites for hydroxylation is 1. The minimum Gasteiger partial charge on any atom is -0.763 e. The van der Waals surface area contributed by atoms with E-state index in [0.29, 0.717) is 15.5 Å². The zero-order valence-electron chi connectivity index (χ0n) is 18.6. The number of ketones is 1. The minimum absolute atomic E-state index is 0.0209. The smallest absolute Gasteiger partial charge is 0.284 e. The number of benzene rings is 2. The maximum atomic E-state index is 12.5. The number of hydrogen-bond donors (Lipinski definition) is 0. The van der Waals surface area contributed by atoms with Crippen molar-refractivity contribution in [3.8, 4) is 0 Å². The number of aromatic amines is 1. The summed E-state index contributed by atoms with van der Waals surface area (Å²) < 4.78 is 28.6. The molecule has 0 aliphatic carbocycles. The molecule has 1 aliphatic rings. The van der Waals surface area contributed by atoms with Crippen molar-refractivity contribution in [2.75, 3.05) is 19.0 Å². The lowest BCUT2D eigenvalue weighted by Gasteiger charge is -2.17. The fourth-order valence-electron chi connectivity index (χ4n) is 2.90. The number of nitrogens with zero attached hydrogens (tertiary/aromatic N) is 3. The molecule has 7 nitrogen and oxygen atoms in total. The Morgan fingerprint density at radius 1 is 1.12 bits per heavy atom. The van der Waals surface area contributed by atoms with Crippen LogP contribution in [0.15, 0.2) is 86.8 Å². The Bertz CT molecular complexity index is 1400. The molecule has 174 valence electrons. The summed E-state index contributed by atoms with van der Waals surface area (Å²) in [6, 6.07) is 15.2. The van der Waals surface area contributed by atoms with Crippen molar-refractivity contribution in [2.45, 2.75) is 16.7 Å². The molecule has 34 heavy (non-hydrogen) atoms. The highest BCUT2D eigenvalue weighted by molar-refractivity contribution is 8.16. The molecule has 1 N–H and O–H groups in total. The third-order valence-corrected chi connectivity index (χ3v) is 7.73. The molecule has 0 fully saturated rings. The first-order valence-corrected chi connectivity index (χ1v) is 12.6. The summed E-state index contributed by atoms with van der Waals surface area (Å²) in [6.45, 7) is 1.69. The van der Waals surface area contributed by atoms with Crippen LogP contribution in [0.3, 0.4) is 0 Å². The molecule has 0 saturated heterocycles. The molecule has 10 heteroatoms. The van der Waals surface area contributed by atoms with E-state index < -0.39 is 15.8 Å². The Morgan fingerprint density at radius 3 is 2.32 bits per heavy atom. The summed E-state index contributed by atoms with van der Waals surface area (Å²) in [5.41, 5.74) is 1.79. The van der Waals surface area contributed by atoms with Crippen LogP contribution in [0, 0.1) is 6.92 Å². The number of pyridine rings is 1. The van der Waals surface area contributed by atoms with Gasteiger partial charge in [0.05, 0.1) is 5.57 Å². The first-order valence-electron chi connectivity index (χ1n) is 9.97. The number of halogens is 1. The third kappa shape index (κ3) is 5.81. The molecule has 0 amide bonds. The van der Waals surface area contributed by atoms with E-state index in [1.165, 1.54) is 17.8 Å². The maximum absolute atomic E-state index is 12.5. The Kier molecular flexibility index (Phi) is 8.06. The summed E-state index contributed by atoms with van der Waals surface area (Å²) in [4.78, 5) is 17.9. The lowest BCUT2D eigenvalue weighted by atomic mass is 10.1. The predicted octanol–water partition coefficient (Wildman–Crippen LogP) is 4.46. The highest BCUT2D eigenvalue weighted by Crippen LogP contribution is 2.39. The zero-order chi connectivity index (χ0) is 24.9. The number of fused-ring (bicyclic) bond motifs is 1. The Morgan fingerprint density at radius 2 is 1.76 bits per heavy atom. The van der Waals surface area contributed by atoms with Gasteiger partial charge in [-0.2, -0.15) is 12.8 Å². The van der Waals surface area contributed by atoms with E-state index in [1.54, 1.807) is 43.1 Å². The molecule has 2 heterocycles. The number of H-pyrrole nitrogens is 1. The van der Waals surface area contributed by atoms with Crippen LogP contribution < -0.4 is 9.88 Å². The van der Waals surface area contributed by atoms with Crippen molar-refractivity contribution >= 4 is 55.8 Å². The molecule has 0 radical (unpaired) electrons. The number of nitrogens with one attached hydrogen (secondary N) is 1. The van der Waals surface area contributed by atoms with Gasteiger partial charge in [0.2, 0.25) is 5.78 Å². The van der Waals surface area contributed by atoms with Gasteiger partial charge in [0.1, 0.15) is 9.94 Å². The number of aromatic nitrogens is 1. The van der Waals surface area contributed by atoms with Gasteiger partial charge in [0.15, 0.2) is 12.4 Å². The van der Waals surface area contributed by atoms with Crippen LogP contribution in [0.25, 0.3) is 5.41 Å². The van der Waals surface area contributed by atoms with Crippen LogP contribution in [-0.2, 0) is 10.0 Å². The maximum Gasteiger partial charge on any atom is 0.284 e. The average Bonchev–Trinajstić information content (AvgIpc) is 2.82. The molecule has 0 bridgehead atoms. The molecule has 2 aromatic carbocycles. The fourth-order valence-corrected chi connectivity index (χ4v) is 5.85. The van der Waals surface area contributed by atoms with E-state index >= 15 is 0 Å². The van der Waals surface area contributed by atoms with Crippen LogP contribution >= 0.6 is 23.4 Å². The van der Waals surface area contributed by atoms with Gasteiger partial charge in [0, 0.05) is 47.4 Å². The Balaban J connectivity index is 0.000000302. The number of sulfonamides is 1. The van der Waals surface area contributed by atoms with Crippen LogP contribution in [0.2, 0.25) is 5.02 Å². The standard InChI is InChI=1S/C17H10ClN2O3S2.C7H10N2/c1-10-7-15-14(8-13(10)18)24-17(20-25(15,22)23)12(9-19)16(21)11-5-3-2-4-6-11;1-9(2)7-3-5-8-6-4-7/h2-8H,1H3;3-6H,1-2H3/q-1;/p+1. The van der Waals surface area contributed by atoms with E-state index in [-0.39, 0.29) is 21.1 Å². The highest BCUT2D eigenvalue weighted by atomic mass is 35.5. The van der Waals surface area contributed by atoms with Crippen molar-refractivity contribution in [3.05, 3.63) is 94.1 Å². The third-order valence-electron chi connectivity index (χ3n) is 4.72. The van der Waals surface area contributed by atoms with Gasteiger partial charge in [0.25, 0.3) is 10.0 Å². The number of carbonyl (C=O) groups is 1. The van der Waals surface area contributed by atoms with E-state index in [2.05, 4.69) is 14.3 Å². The van der Waals surface area contributed by atoms with Crippen molar-refractivity contribution in [3.63, 3.8) is 0 Å². The van der Waals surface area contributed by atoms with Gasteiger partial charge >= 0.3 is 0 Å². The topological polar surface area (TPSA) is 103 Å². The second kappa shape index (κ2) is 10.8. The van der Waals surface area contributed by atoms with Crippen LogP contribution in [-0.4, -0.2) is 39.2 Å². The monoisotopic (exact) mass is 512 g/mol. The molecule has 0 spiro atoms. The number of carbonyl (C=O) groups excluding carboxylic acids is 1. The summed E-state index contributed by atoms with van der Waals surface area (Å²) in [7, 11) is 0.0293. The van der Waals surface area contributed by atoms with Crippen molar-refractivity contribution < 1.29 is 18.2 Å². The van der Waals surface area contributed by atoms with Crippen LogP contribution in [0.5, 0.6) is 0 Å². The average molecular weight is 513 g/mol. The molecule has 1 aromatic heterocycles. The van der Waals surface area contributed by atoms with Gasteiger partial charge in [-0.1, -0.05) is 53.7 Å². The molecular weight excluding hydrogens is 492 g/mol. The summed E-state index contributed by atoms with van der Waals surface area (Å²) in [5, 5.41) is 9.65. The highest BCUT2D eigenvalue weighted by Gasteiger charge is 2.30. The number of Topliss-reactive ketones (excluding diaryl/α,β-unsaturated/α-hetero) is 1. The van der Waals surface area contributed by atoms with E-state index in [0.717, 1.165) is 11.8 Å². The van der Waals surface area contributed by atoms with Gasteiger partial charge in [-0.15, -0.1) is 0 Å². The number of hydrogen-bond acceptors (Lipinski definition) is 5. The van der Waals surface area contributed by atoms with Crippen LogP contribution in [0.1, 0.15) is 15.9 Å². The zero-order valence-corrected chi connectivity index (χ0v) is 21.0. The Labute approximate surface area is 207 Å². The lowest BCUT2D eigenvalue weighted by molar-refractivity contribution is -0.377. The largest absolute Gasteiger partial charge is 0.763 e. The normalized spacial score (nSPS) is 13.4. The molecule has 3 aromatic rings. The minimum atomic E-state index is -4.02. The second-order valence-corrected chi connectivity index (χ2v) is 10.4. The quantitative estimate of drug-likeness (QED) is 0.292. The summed E-state index contributed by atoms with van der Waals surface area (Å²) in [5.74, 6) is 1.21. The van der Waals surface area contributed by atoms with Crippen molar-refractivity contribution in [1.82, 2.24) is 0 Å². The van der Waals surface area contributed by atoms with E-state index in [1.807, 2.05) is 38.6 Å². The first kappa shape index (κ1) is 25.4. The van der Waals surface area contributed by atoms with Gasteiger partial charge in [-0.3, -0.25) is 10.7 Å².